The third-order valence-electron chi connectivity index (χ3n) is 6.69. The molecule has 0 saturated carbocycles. The average molecular weight is 481 g/mol. The van der Waals surface area contributed by atoms with Crippen LogP contribution in [0.4, 0.5) is 0 Å². The highest BCUT2D eigenvalue weighted by molar-refractivity contribution is 6.05. The Labute approximate surface area is 202 Å². The van der Waals surface area contributed by atoms with E-state index in [1.54, 1.807) is 17.0 Å². The normalized spacial score (nSPS) is 24.9. The Kier molecular flexibility index (Phi) is 6.52. The first-order valence-corrected chi connectivity index (χ1v) is 11.6. The van der Waals surface area contributed by atoms with Crippen LogP contribution in [0.2, 0.25) is 0 Å². The predicted octanol–water partition coefficient (Wildman–Crippen LogP) is 0.462. The summed E-state index contributed by atoms with van der Waals surface area (Å²) in [7, 11) is 0. The van der Waals surface area contributed by atoms with Crippen molar-refractivity contribution in [2.24, 2.45) is 5.73 Å². The smallest absolute Gasteiger partial charge is 0.255 e. The number of hydrogen-bond donors (Lipinski definition) is 3. The van der Waals surface area contributed by atoms with E-state index >= 15 is 0 Å². The van der Waals surface area contributed by atoms with Crippen LogP contribution < -0.4 is 15.8 Å². The van der Waals surface area contributed by atoms with E-state index < -0.39 is 18.2 Å². The second-order valence-corrected chi connectivity index (χ2v) is 9.05. The number of carbonyl (C=O) groups is 3. The standard InChI is InChI=1S/C25H28N4O6/c26-21-13-34-14-23(31)29(21)10-15-4-6-16(7-5-15)12-35-20-3-1-2-17-18(20)11-28(25(17)33)19-8-9-22(30)27-24(19)32/h1-7,19,21,23,31H,8-14,26H2,(H,27,30,32). The second-order valence-electron chi connectivity index (χ2n) is 9.05. The monoisotopic (exact) mass is 480 g/mol. The third kappa shape index (κ3) is 4.78. The number of aliphatic hydroxyl groups is 1. The number of ether oxygens (including phenoxy) is 2. The van der Waals surface area contributed by atoms with Crippen LogP contribution in [0.25, 0.3) is 0 Å². The number of benzene rings is 2. The van der Waals surface area contributed by atoms with E-state index in [1.165, 1.54) is 4.90 Å². The van der Waals surface area contributed by atoms with Gasteiger partial charge in [0.15, 0.2) is 0 Å². The maximum atomic E-state index is 13.0. The fourth-order valence-electron chi connectivity index (χ4n) is 4.73. The van der Waals surface area contributed by atoms with Crippen molar-refractivity contribution in [3.8, 4) is 5.75 Å². The van der Waals surface area contributed by atoms with Gasteiger partial charge in [0.05, 0.1) is 25.9 Å². The molecule has 2 saturated heterocycles. The van der Waals surface area contributed by atoms with Gasteiger partial charge in [-0.05, 0) is 29.7 Å². The molecule has 3 unspecified atom stereocenters. The van der Waals surface area contributed by atoms with Crippen LogP contribution in [-0.4, -0.2) is 64.3 Å². The van der Waals surface area contributed by atoms with E-state index in [4.69, 9.17) is 15.2 Å². The third-order valence-corrected chi connectivity index (χ3v) is 6.69. The second kappa shape index (κ2) is 9.74. The number of fused-ring (bicyclic) bond motifs is 1. The molecule has 3 amide bonds. The van der Waals surface area contributed by atoms with Gasteiger partial charge in [-0.3, -0.25) is 24.6 Å². The van der Waals surface area contributed by atoms with Gasteiger partial charge in [-0.2, -0.15) is 0 Å². The number of nitrogens with one attached hydrogen (secondary N) is 1. The van der Waals surface area contributed by atoms with E-state index in [9.17, 15) is 19.5 Å². The molecule has 2 aromatic carbocycles. The van der Waals surface area contributed by atoms with E-state index in [2.05, 4.69) is 5.32 Å². The maximum absolute atomic E-state index is 13.0. The van der Waals surface area contributed by atoms with Gasteiger partial charge >= 0.3 is 0 Å². The van der Waals surface area contributed by atoms with Gasteiger partial charge in [-0.15, -0.1) is 0 Å². The van der Waals surface area contributed by atoms with Gasteiger partial charge < -0.3 is 25.2 Å². The first-order valence-electron chi connectivity index (χ1n) is 11.6. The molecule has 4 N–H and O–H groups in total. The molecule has 2 fully saturated rings. The molecule has 184 valence electrons. The van der Waals surface area contributed by atoms with Crippen molar-refractivity contribution in [3.05, 3.63) is 64.7 Å². The number of nitrogens with zero attached hydrogens (tertiary/aromatic N) is 2. The van der Waals surface area contributed by atoms with Crippen LogP contribution in [0.5, 0.6) is 5.75 Å². The van der Waals surface area contributed by atoms with E-state index in [-0.39, 0.29) is 37.6 Å². The number of rotatable bonds is 6. The Balaban J connectivity index is 1.23. The number of imide groups is 1. The fraction of sp³-hybridized carbons (Fsp3) is 0.400. The number of morpholine rings is 1. The number of carbonyl (C=O) groups excluding carboxylic acids is 3. The molecule has 2 aromatic rings. The van der Waals surface area contributed by atoms with Crippen LogP contribution in [0.3, 0.4) is 0 Å². The highest BCUT2D eigenvalue weighted by atomic mass is 16.5. The van der Waals surface area contributed by atoms with Gasteiger partial charge in [-0.1, -0.05) is 30.3 Å². The summed E-state index contributed by atoms with van der Waals surface area (Å²) >= 11 is 0. The van der Waals surface area contributed by atoms with Crippen molar-refractivity contribution in [2.45, 2.75) is 51.0 Å². The summed E-state index contributed by atoms with van der Waals surface area (Å²) in [6.07, 6.45) is -0.556. The summed E-state index contributed by atoms with van der Waals surface area (Å²) in [4.78, 5) is 40.0. The lowest BCUT2D eigenvalue weighted by molar-refractivity contribution is -0.138. The SMILES string of the molecule is NC1COCC(O)N1Cc1ccc(COc2cccc3c2CN(C2CCC(=O)NC2=O)C3=O)cc1. The van der Waals surface area contributed by atoms with Gasteiger partial charge in [0.25, 0.3) is 5.91 Å². The summed E-state index contributed by atoms with van der Waals surface area (Å²) in [5.41, 5.74) is 9.26. The molecule has 0 bridgehead atoms. The number of hydrogen-bond acceptors (Lipinski definition) is 8. The quantitative estimate of drug-likeness (QED) is 0.508. The van der Waals surface area contributed by atoms with Crippen LogP contribution in [0, 0.1) is 0 Å². The Morgan fingerprint density at radius 1 is 1.09 bits per heavy atom. The van der Waals surface area contributed by atoms with Crippen molar-refractivity contribution in [1.82, 2.24) is 15.1 Å². The summed E-state index contributed by atoms with van der Waals surface area (Å²) in [5.74, 6) is -0.380. The van der Waals surface area contributed by atoms with Gasteiger partial charge in [0.2, 0.25) is 11.8 Å². The van der Waals surface area contributed by atoms with Crippen LogP contribution in [0.15, 0.2) is 42.5 Å². The summed E-state index contributed by atoms with van der Waals surface area (Å²) in [6.45, 7) is 1.70. The van der Waals surface area contributed by atoms with Crippen LogP contribution in [0.1, 0.15) is 39.9 Å². The minimum Gasteiger partial charge on any atom is -0.489 e. The zero-order chi connectivity index (χ0) is 24.5. The van der Waals surface area contributed by atoms with Crippen LogP contribution in [-0.2, 0) is 34.0 Å². The van der Waals surface area contributed by atoms with Gasteiger partial charge in [0.1, 0.15) is 24.6 Å². The average Bonchev–Trinajstić information content (AvgIpc) is 3.18. The zero-order valence-electron chi connectivity index (χ0n) is 19.2. The zero-order valence-corrected chi connectivity index (χ0v) is 19.2. The fourth-order valence-corrected chi connectivity index (χ4v) is 4.73. The lowest BCUT2D eigenvalue weighted by Gasteiger charge is -2.37. The summed E-state index contributed by atoms with van der Waals surface area (Å²) in [6, 6.07) is 12.5. The van der Waals surface area contributed by atoms with Crippen molar-refractivity contribution < 1.29 is 29.0 Å². The van der Waals surface area contributed by atoms with Crippen molar-refractivity contribution in [1.29, 1.82) is 0 Å². The molecule has 10 nitrogen and oxygen atoms in total. The molecular weight excluding hydrogens is 452 g/mol. The molecule has 3 atom stereocenters. The topological polar surface area (TPSA) is 134 Å². The van der Waals surface area contributed by atoms with E-state index in [0.29, 0.717) is 37.5 Å². The number of amides is 3. The molecule has 0 spiro atoms. The molecule has 3 aliphatic rings. The first-order chi connectivity index (χ1) is 16.9. The Morgan fingerprint density at radius 3 is 2.60 bits per heavy atom. The van der Waals surface area contributed by atoms with Gasteiger partial charge in [0, 0.05) is 24.1 Å². The minimum atomic E-state index is -0.732. The van der Waals surface area contributed by atoms with Crippen molar-refractivity contribution >= 4 is 17.7 Å². The molecule has 3 heterocycles. The molecule has 5 rings (SSSR count). The summed E-state index contributed by atoms with van der Waals surface area (Å²) in [5, 5.41) is 12.4. The minimum absolute atomic E-state index is 0.215. The highest BCUT2D eigenvalue weighted by Crippen LogP contribution is 2.34. The Hall–Kier alpha value is -3.31. The Bertz CT molecular complexity index is 1130. The van der Waals surface area contributed by atoms with Crippen LogP contribution >= 0.6 is 0 Å². The molecule has 0 radical (unpaired) electrons. The summed E-state index contributed by atoms with van der Waals surface area (Å²) < 4.78 is 11.3. The Morgan fingerprint density at radius 2 is 1.86 bits per heavy atom. The number of aliphatic hydroxyl groups excluding tert-OH is 1. The van der Waals surface area contributed by atoms with Crippen molar-refractivity contribution in [3.63, 3.8) is 0 Å². The highest BCUT2D eigenvalue weighted by Gasteiger charge is 2.40. The molecule has 0 aliphatic carbocycles. The van der Waals surface area contributed by atoms with E-state index in [0.717, 1.165) is 16.7 Å². The molecule has 3 aliphatic heterocycles. The number of piperidine rings is 1. The molecule has 10 heteroatoms. The number of nitrogens with two attached hydrogens (primary N) is 1. The molecule has 35 heavy (non-hydrogen) atoms. The van der Waals surface area contributed by atoms with Crippen molar-refractivity contribution in [2.75, 3.05) is 13.2 Å². The molecular formula is C25H28N4O6. The maximum Gasteiger partial charge on any atom is 0.255 e. The first kappa shape index (κ1) is 23.4. The van der Waals surface area contributed by atoms with E-state index in [1.807, 2.05) is 30.3 Å². The largest absolute Gasteiger partial charge is 0.489 e. The lowest BCUT2D eigenvalue weighted by atomic mass is 10.0. The predicted molar refractivity (Wildman–Crippen MR) is 124 cm³/mol. The van der Waals surface area contributed by atoms with Gasteiger partial charge in [-0.25, -0.2) is 0 Å². The lowest BCUT2D eigenvalue weighted by Crippen LogP contribution is -2.55. The molecule has 0 aromatic heterocycles.